The van der Waals surface area contributed by atoms with Crippen molar-refractivity contribution in [3.05, 3.63) is 109 Å². The molecule has 3 aromatic carbocycles. The Balaban J connectivity index is 1.48. The van der Waals surface area contributed by atoms with Gasteiger partial charge in [-0.25, -0.2) is 14.0 Å². The number of carbonyl (C=O) groups is 2. The summed E-state index contributed by atoms with van der Waals surface area (Å²) in [6.07, 6.45) is -3.32. The van der Waals surface area contributed by atoms with Crippen LogP contribution < -0.4 is 9.47 Å². The molecule has 3 rings (SSSR count). The molecule has 0 spiro atoms. The Morgan fingerprint density at radius 2 is 1.63 bits per heavy atom. The number of esters is 2. The van der Waals surface area contributed by atoms with Crippen molar-refractivity contribution < 1.29 is 51.2 Å². The predicted octanol–water partition coefficient (Wildman–Crippen LogP) is 6.38. The number of benzene rings is 3. The van der Waals surface area contributed by atoms with Crippen molar-refractivity contribution in [2.75, 3.05) is 13.2 Å². The van der Waals surface area contributed by atoms with Gasteiger partial charge in [0.2, 0.25) is 0 Å². The van der Waals surface area contributed by atoms with E-state index in [-0.39, 0.29) is 48.7 Å². The molecular weight excluding hydrogens is 584 g/mol. The fourth-order valence-corrected chi connectivity index (χ4v) is 3.53. The van der Waals surface area contributed by atoms with Gasteiger partial charge in [0, 0.05) is 30.5 Å². The van der Waals surface area contributed by atoms with Crippen molar-refractivity contribution in [3.63, 3.8) is 0 Å². The molecule has 0 heterocycles. The van der Waals surface area contributed by atoms with Crippen molar-refractivity contribution in [2.24, 2.45) is 0 Å². The molecule has 0 aromatic heterocycles. The van der Waals surface area contributed by atoms with E-state index in [1.165, 1.54) is 42.5 Å². The van der Waals surface area contributed by atoms with E-state index >= 15 is 0 Å². The smallest absolute Gasteiger partial charge is 0.389 e. The normalized spacial score (nSPS) is 11.3. The topological polar surface area (TPSA) is 148 Å². The number of alkyl halides is 3. The molecule has 0 aliphatic heterocycles. The van der Waals surface area contributed by atoms with E-state index in [0.717, 1.165) is 30.3 Å². The molecule has 43 heavy (non-hydrogen) atoms. The van der Waals surface area contributed by atoms with Crippen molar-refractivity contribution in [3.8, 4) is 11.5 Å². The second kappa shape index (κ2) is 14.5. The molecule has 0 aliphatic carbocycles. The minimum absolute atomic E-state index is 0.0461. The third-order valence-corrected chi connectivity index (χ3v) is 5.62. The van der Waals surface area contributed by atoms with Crippen LogP contribution in [0, 0.1) is 26.0 Å². The Labute approximate surface area is 240 Å². The number of ether oxygens (including phenoxy) is 3. The summed E-state index contributed by atoms with van der Waals surface area (Å²) >= 11 is 0. The van der Waals surface area contributed by atoms with Gasteiger partial charge < -0.3 is 14.2 Å². The van der Waals surface area contributed by atoms with Crippen molar-refractivity contribution in [1.82, 2.24) is 0 Å². The minimum Gasteiger partial charge on any atom is -0.491 e. The lowest BCUT2D eigenvalue weighted by atomic mass is 10.1. The van der Waals surface area contributed by atoms with Crippen LogP contribution in [0.15, 0.2) is 66.7 Å². The highest BCUT2D eigenvalue weighted by Gasteiger charge is 2.26. The highest BCUT2D eigenvalue weighted by molar-refractivity contribution is 5.91. The van der Waals surface area contributed by atoms with Gasteiger partial charge in [-0.05, 0) is 54.5 Å². The molecule has 0 atom stereocenters. The Kier molecular flexibility index (Phi) is 10.9. The van der Waals surface area contributed by atoms with Gasteiger partial charge in [-0.1, -0.05) is 12.1 Å². The van der Waals surface area contributed by atoms with E-state index in [2.05, 4.69) is 0 Å². The fourth-order valence-electron chi connectivity index (χ4n) is 3.53. The molecule has 0 unspecified atom stereocenters. The third-order valence-electron chi connectivity index (χ3n) is 5.62. The standard InChI is InChI=1S/C28H22F4N2O9/c29-23-16-20(6-10-25(23)41-14-1-13-28(30,31)32)27(36)43-22-8-2-18(3-9-22)4-11-26(35)42-15-12-19-5-7-21(33(37)38)17-24(19)34(39)40/h2-11,16-17H,1,12-15H2. The number of hydrogen-bond donors (Lipinski definition) is 0. The molecule has 0 radical (unpaired) electrons. The van der Waals surface area contributed by atoms with E-state index in [1.54, 1.807) is 0 Å². The monoisotopic (exact) mass is 606 g/mol. The lowest BCUT2D eigenvalue weighted by molar-refractivity contribution is -0.394. The lowest BCUT2D eigenvalue weighted by Gasteiger charge is -2.10. The first-order chi connectivity index (χ1) is 20.3. The molecule has 0 fully saturated rings. The maximum atomic E-state index is 14.2. The van der Waals surface area contributed by atoms with Gasteiger partial charge in [-0.2, -0.15) is 13.2 Å². The average Bonchev–Trinajstić information content (AvgIpc) is 2.95. The number of nitrogens with zero attached hydrogens (tertiary/aromatic N) is 2. The Bertz CT molecular complexity index is 1520. The van der Waals surface area contributed by atoms with Crippen LogP contribution in [0.5, 0.6) is 11.5 Å². The number of hydrogen-bond acceptors (Lipinski definition) is 9. The summed E-state index contributed by atoms with van der Waals surface area (Å²) in [4.78, 5) is 44.9. The molecule has 15 heteroatoms. The van der Waals surface area contributed by atoms with Crippen LogP contribution in [-0.4, -0.2) is 41.2 Å². The van der Waals surface area contributed by atoms with Crippen LogP contribution in [0.4, 0.5) is 28.9 Å². The van der Waals surface area contributed by atoms with E-state index in [0.29, 0.717) is 5.56 Å². The number of non-ortho nitro benzene ring substituents is 1. The molecular formula is C28H22F4N2O9. The molecule has 0 amide bonds. The van der Waals surface area contributed by atoms with Gasteiger partial charge >= 0.3 is 18.1 Å². The maximum Gasteiger partial charge on any atom is 0.389 e. The molecule has 0 saturated heterocycles. The van der Waals surface area contributed by atoms with Crippen LogP contribution in [0.1, 0.15) is 34.3 Å². The summed E-state index contributed by atoms with van der Waals surface area (Å²) in [5.41, 5.74) is -0.389. The van der Waals surface area contributed by atoms with Crippen LogP contribution in [-0.2, 0) is 16.0 Å². The SMILES string of the molecule is O=C(C=Cc1ccc(OC(=O)c2ccc(OCCCC(F)(F)F)c(F)c2)cc1)OCCc1ccc([N+](=O)[O-])cc1[N+](=O)[O-]. The molecule has 0 N–H and O–H groups in total. The van der Waals surface area contributed by atoms with Crippen LogP contribution >= 0.6 is 0 Å². The highest BCUT2D eigenvalue weighted by atomic mass is 19.4. The van der Waals surface area contributed by atoms with Gasteiger partial charge in [0.05, 0.1) is 34.7 Å². The second-order valence-corrected chi connectivity index (χ2v) is 8.75. The molecule has 0 saturated carbocycles. The Hall–Kier alpha value is -5.34. The first kappa shape index (κ1) is 32.2. The third kappa shape index (κ3) is 10.2. The Morgan fingerprint density at radius 1 is 0.907 bits per heavy atom. The Morgan fingerprint density at radius 3 is 2.26 bits per heavy atom. The van der Waals surface area contributed by atoms with Crippen LogP contribution in [0.2, 0.25) is 0 Å². The zero-order chi connectivity index (χ0) is 31.6. The van der Waals surface area contributed by atoms with Crippen LogP contribution in [0.3, 0.4) is 0 Å². The second-order valence-electron chi connectivity index (χ2n) is 8.75. The largest absolute Gasteiger partial charge is 0.491 e. The molecule has 0 bridgehead atoms. The van der Waals surface area contributed by atoms with E-state index in [9.17, 15) is 47.4 Å². The number of carbonyl (C=O) groups excluding carboxylic acids is 2. The predicted molar refractivity (Wildman–Crippen MR) is 142 cm³/mol. The van der Waals surface area contributed by atoms with Crippen molar-refractivity contribution in [2.45, 2.75) is 25.4 Å². The minimum atomic E-state index is -4.34. The van der Waals surface area contributed by atoms with Gasteiger partial charge in [0.1, 0.15) is 5.75 Å². The highest BCUT2D eigenvalue weighted by Crippen LogP contribution is 2.26. The van der Waals surface area contributed by atoms with Gasteiger partial charge in [0.25, 0.3) is 11.4 Å². The van der Waals surface area contributed by atoms with Crippen LogP contribution in [0.25, 0.3) is 6.08 Å². The molecule has 0 aliphatic rings. The van der Waals surface area contributed by atoms with Crippen molar-refractivity contribution >= 4 is 29.4 Å². The average molecular weight is 606 g/mol. The van der Waals surface area contributed by atoms with Crippen molar-refractivity contribution in [1.29, 1.82) is 0 Å². The van der Waals surface area contributed by atoms with Gasteiger partial charge in [-0.3, -0.25) is 20.2 Å². The summed E-state index contributed by atoms with van der Waals surface area (Å²) in [5, 5.41) is 22.0. The summed E-state index contributed by atoms with van der Waals surface area (Å²) in [6.45, 7) is -0.575. The molecule has 3 aromatic rings. The number of halogens is 4. The van der Waals surface area contributed by atoms with E-state index in [4.69, 9.17) is 14.2 Å². The fraction of sp³-hybridized carbons (Fsp3) is 0.214. The zero-order valence-electron chi connectivity index (χ0n) is 22.0. The number of nitro benzene ring substituents is 2. The maximum absolute atomic E-state index is 14.2. The summed E-state index contributed by atoms with van der Waals surface area (Å²) in [5.74, 6) is -2.80. The van der Waals surface area contributed by atoms with E-state index in [1.807, 2.05) is 0 Å². The van der Waals surface area contributed by atoms with Gasteiger partial charge in [0.15, 0.2) is 11.6 Å². The van der Waals surface area contributed by atoms with E-state index < -0.39 is 51.6 Å². The zero-order valence-corrected chi connectivity index (χ0v) is 22.0. The summed E-state index contributed by atoms with van der Waals surface area (Å²) in [6, 6.07) is 12.1. The van der Waals surface area contributed by atoms with Gasteiger partial charge in [-0.15, -0.1) is 0 Å². The summed E-state index contributed by atoms with van der Waals surface area (Å²) in [7, 11) is 0. The first-order valence-corrected chi connectivity index (χ1v) is 12.4. The molecule has 226 valence electrons. The number of rotatable bonds is 13. The first-order valence-electron chi connectivity index (χ1n) is 12.4. The number of nitro groups is 2. The lowest BCUT2D eigenvalue weighted by Crippen LogP contribution is -2.11. The quantitative estimate of drug-likeness (QED) is 0.0411. The summed E-state index contributed by atoms with van der Waals surface area (Å²) < 4.78 is 66.0. The molecule has 11 nitrogen and oxygen atoms in total.